The fraction of sp³-hybridized carbons (Fsp3) is 1.00. The van der Waals surface area contributed by atoms with Gasteiger partial charge >= 0.3 is 0 Å². The van der Waals surface area contributed by atoms with E-state index >= 15 is 0 Å². The van der Waals surface area contributed by atoms with Gasteiger partial charge in [0.05, 0.1) is 12.7 Å². The number of hydrogen-bond acceptors (Lipinski definition) is 6. The first-order valence-electron chi connectivity index (χ1n) is 5.32. The monoisotopic (exact) mass is 236 g/mol. The zero-order valence-corrected chi connectivity index (χ0v) is 9.74. The Kier molecular flexibility index (Phi) is 5.10. The number of ether oxygens (including phenoxy) is 3. The third-order valence-electron chi connectivity index (χ3n) is 2.50. The standard InChI is InChI=1S/C10H20O6/c1-5(2)15-10-8(13)7(12)9(14-3)6(4-11)16-10/h5-13H,4H2,1-3H3/t6-,7-,8+,9?,10-/m1/s1. The van der Waals surface area contributed by atoms with Crippen LogP contribution in [-0.4, -0.2) is 65.8 Å². The van der Waals surface area contributed by atoms with Gasteiger partial charge in [-0.2, -0.15) is 0 Å². The molecule has 1 heterocycles. The van der Waals surface area contributed by atoms with Crippen LogP contribution in [0.25, 0.3) is 0 Å². The van der Waals surface area contributed by atoms with E-state index in [0.29, 0.717) is 0 Å². The third-order valence-corrected chi connectivity index (χ3v) is 2.50. The molecule has 0 amide bonds. The molecule has 0 aromatic heterocycles. The Morgan fingerprint density at radius 2 is 1.88 bits per heavy atom. The van der Waals surface area contributed by atoms with Gasteiger partial charge in [0.25, 0.3) is 0 Å². The molecule has 1 unspecified atom stereocenters. The van der Waals surface area contributed by atoms with Crippen LogP contribution in [0.15, 0.2) is 0 Å². The number of aliphatic hydroxyl groups excluding tert-OH is 3. The Labute approximate surface area is 94.7 Å². The first-order valence-corrected chi connectivity index (χ1v) is 5.32. The topological polar surface area (TPSA) is 88.4 Å². The molecule has 3 N–H and O–H groups in total. The smallest absolute Gasteiger partial charge is 0.186 e. The number of rotatable bonds is 4. The maximum absolute atomic E-state index is 9.78. The summed E-state index contributed by atoms with van der Waals surface area (Å²) in [5.74, 6) is 0. The second-order valence-corrected chi connectivity index (χ2v) is 4.09. The average Bonchev–Trinajstić information content (AvgIpc) is 2.24. The second kappa shape index (κ2) is 5.90. The molecule has 1 aliphatic heterocycles. The van der Waals surface area contributed by atoms with Crippen molar-refractivity contribution < 1.29 is 29.5 Å². The highest BCUT2D eigenvalue weighted by Crippen LogP contribution is 2.24. The molecule has 16 heavy (non-hydrogen) atoms. The first-order chi connectivity index (χ1) is 7.51. The zero-order valence-electron chi connectivity index (χ0n) is 9.74. The fourth-order valence-electron chi connectivity index (χ4n) is 1.72. The van der Waals surface area contributed by atoms with E-state index in [2.05, 4.69) is 0 Å². The summed E-state index contributed by atoms with van der Waals surface area (Å²) in [7, 11) is 1.39. The molecular weight excluding hydrogens is 216 g/mol. The molecular formula is C10H20O6. The third kappa shape index (κ3) is 2.91. The average molecular weight is 236 g/mol. The van der Waals surface area contributed by atoms with Crippen LogP contribution >= 0.6 is 0 Å². The van der Waals surface area contributed by atoms with Gasteiger partial charge in [-0.15, -0.1) is 0 Å². The molecule has 1 rings (SSSR count). The van der Waals surface area contributed by atoms with Crippen LogP contribution in [0.1, 0.15) is 13.8 Å². The van der Waals surface area contributed by atoms with Crippen molar-refractivity contribution in [3.63, 3.8) is 0 Å². The van der Waals surface area contributed by atoms with Crippen molar-refractivity contribution in [3.05, 3.63) is 0 Å². The Balaban J connectivity index is 2.70. The van der Waals surface area contributed by atoms with Gasteiger partial charge in [0.1, 0.15) is 24.4 Å². The predicted molar refractivity (Wildman–Crippen MR) is 54.8 cm³/mol. The molecule has 0 aliphatic carbocycles. The molecule has 1 aliphatic rings. The summed E-state index contributed by atoms with van der Waals surface area (Å²) in [4.78, 5) is 0. The Hall–Kier alpha value is -0.240. The van der Waals surface area contributed by atoms with Crippen LogP contribution in [0.5, 0.6) is 0 Å². The minimum atomic E-state index is -1.19. The molecule has 0 aromatic rings. The van der Waals surface area contributed by atoms with Gasteiger partial charge in [-0.3, -0.25) is 0 Å². The van der Waals surface area contributed by atoms with Gasteiger partial charge in [-0.25, -0.2) is 0 Å². The van der Waals surface area contributed by atoms with Crippen LogP contribution in [0.3, 0.4) is 0 Å². The number of aliphatic hydroxyl groups is 3. The van der Waals surface area contributed by atoms with Crippen molar-refractivity contribution in [1.29, 1.82) is 0 Å². The van der Waals surface area contributed by atoms with Crippen molar-refractivity contribution in [1.82, 2.24) is 0 Å². The molecule has 0 spiro atoms. The second-order valence-electron chi connectivity index (χ2n) is 4.09. The number of hydrogen-bond donors (Lipinski definition) is 3. The highest BCUT2D eigenvalue weighted by Gasteiger charge is 2.45. The van der Waals surface area contributed by atoms with Crippen LogP contribution in [0.2, 0.25) is 0 Å². The lowest BCUT2D eigenvalue weighted by Crippen LogP contribution is -2.60. The molecule has 96 valence electrons. The first kappa shape index (κ1) is 13.8. The van der Waals surface area contributed by atoms with Crippen LogP contribution in [0.4, 0.5) is 0 Å². The van der Waals surface area contributed by atoms with Crippen molar-refractivity contribution in [3.8, 4) is 0 Å². The summed E-state index contributed by atoms with van der Waals surface area (Å²) in [6.45, 7) is 3.28. The zero-order chi connectivity index (χ0) is 12.3. The van der Waals surface area contributed by atoms with Crippen molar-refractivity contribution in [2.24, 2.45) is 0 Å². The van der Waals surface area contributed by atoms with Crippen molar-refractivity contribution in [2.45, 2.75) is 50.7 Å². The van der Waals surface area contributed by atoms with E-state index in [0.717, 1.165) is 0 Å². The van der Waals surface area contributed by atoms with E-state index in [1.807, 2.05) is 0 Å². The van der Waals surface area contributed by atoms with Gasteiger partial charge in [0, 0.05) is 7.11 Å². The molecule has 6 nitrogen and oxygen atoms in total. The molecule has 5 atom stereocenters. The number of methoxy groups -OCH3 is 1. The largest absolute Gasteiger partial charge is 0.394 e. The highest BCUT2D eigenvalue weighted by molar-refractivity contribution is 4.90. The van der Waals surface area contributed by atoms with Crippen LogP contribution < -0.4 is 0 Å². The van der Waals surface area contributed by atoms with E-state index in [1.54, 1.807) is 13.8 Å². The minimum absolute atomic E-state index is 0.148. The minimum Gasteiger partial charge on any atom is -0.394 e. The predicted octanol–water partition coefficient (Wildman–Crippen LogP) is -1.13. The van der Waals surface area contributed by atoms with E-state index < -0.39 is 30.7 Å². The molecule has 0 aromatic carbocycles. The molecule has 1 fully saturated rings. The molecule has 1 saturated heterocycles. The molecule has 6 heteroatoms. The van der Waals surface area contributed by atoms with E-state index in [9.17, 15) is 10.2 Å². The molecule has 0 bridgehead atoms. The molecule has 0 radical (unpaired) electrons. The van der Waals surface area contributed by atoms with Crippen LogP contribution in [0, 0.1) is 0 Å². The summed E-state index contributed by atoms with van der Waals surface area (Å²) in [5.41, 5.74) is 0. The fourth-order valence-corrected chi connectivity index (χ4v) is 1.72. The van der Waals surface area contributed by atoms with Crippen molar-refractivity contribution in [2.75, 3.05) is 13.7 Å². The van der Waals surface area contributed by atoms with Gasteiger partial charge < -0.3 is 29.5 Å². The maximum atomic E-state index is 9.78. The van der Waals surface area contributed by atoms with Crippen molar-refractivity contribution >= 4 is 0 Å². The van der Waals surface area contributed by atoms with E-state index in [4.69, 9.17) is 19.3 Å². The van der Waals surface area contributed by atoms with E-state index in [-0.39, 0.29) is 12.7 Å². The quantitative estimate of drug-likeness (QED) is 0.572. The summed E-state index contributed by atoms with van der Waals surface area (Å²) in [6, 6.07) is 0. The lowest BCUT2D eigenvalue weighted by molar-refractivity contribution is -0.311. The lowest BCUT2D eigenvalue weighted by atomic mass is 9.99. The van der Waals surface area contributed by atoms with E-state index in [1.165, 1.54) is 7.11 Å². The van der Waals surface area contributed by atoms with Gasteiger partial charge in [0.2, 0.25) is 0 Å². The van der Waals surface area contributed by atoms with Gasteiger partial charge in [0.15, 0.2) is 6.29 Å². The maximum Gasteiger partial charge on any atom is 0.186 e. The Morgan fingerprint density at radius 3 is 2.31 bits per heavy atom. The summed E-state index contributed by atoms with van der Waals surface area (Å²) < 4.78 is 15.6. The summed E-state index contributed by atoms with van der Waals surface area (Å²) in [6.07, 6.45) is -4.88. The Morgan fingerprint density at radius 1 is 1.25 bits per heavy atom. The lowest BCUT2D eigenvalue weighted by Gasteiger charge is -2.41. The molecule has 0 saturated carbocycles. The highest BCUT2D eigenvalue weighted by atomic mass is 16.7. The van der Waals surface area contributed by atoms with Crippen LogP contribution in [-0.2, 0) is 14.2 Å². The van der Waals surface area contributed by atoms with Gasteiger partial charge in [-0.05, 0) is 13.8 Å². The van der Waals surface area contributed by atoms with Gasteiger partial charge in [-0.1, -0.05) is 0 Å². The SMILES string of the molecule is COC1[C@@H](CO)O[C@@H](OC(C)C)[C@@H](O)[C@H]1O. The Bertz CT molecular complexity index is 207. The summed E-state index contributed by atoms with van der Waals surface area (Å²) in [5, 5.41) is 28.6. The summed E-state index contributed by atoms with van der Waals surface area (Å²) >= 11 is 0. The normalized spacial score (nSPS) is 40.3.